The molecule has 1 aliphatic heterocycles. The molecule has 116 valence electrons. The molecule has 2 atom stereocenters. The Morgan fingerprint density at radius 3 is 2.86 bits per heavy atom. The van der Waals surface area contributed by atoms with Crippen molar-refractivity contribution in [3.05, 3.63) is 5.82 Å². The third kappa shape index (κ3) is 2.78. The number of hydrogen-bond donors (Lipinski definition) is 1. The lowest BCUT2D eigenvalue weighted by molar-refractivity contribution is 0.214. The number of anilines is 1. The van der Waals surface area contributed by atoms with Gasteiger partial charge in [-0.1, -0.05) is 34.1 Å². The lowest BCUT2D eigenvalue weighted by Gasteiger charge is -2.22. The summed E-state index contributed by atoms with van der Waals surface area (Å²) >= 11 is 1.26. The van der Waals surface area contributed by atoms with E-state index >= 15 is 0 Å². The van der Waals surface area contributed by atoms with E-state index in [0.717, 1.165) is 18.9 Å². The summed E-state index contributed by atoms with van der Waals surface area (Å²) in [6, 6.07) is -0.0257. The number of carbonyl (C=O) groups excluding carboxylic acids is 1. The van der Waals surface area contributed by atoms with Crippen LogP contribution >= 0.6 is 11.5 Å². The van der Waals surface area contributed by atoms with Crippen LogP contribution in [0.4, 0.5) is 9.93 Å². The quantitative estimate of drug-likeness (QED) is 0.864. The van der Waals surface area contributed by atoms with Gasteiger partial charge in [0, 0.05) is 30.0 Å². The summed E-state index contributed by atoms with van der Waals surface area (Å²) in [6.45, 7) is 10.3. The molecule has 6 heteroatoms. The minimum Gasteiger partial charge on any atom is -0.324 e. The van der Waals surface area contributed by atoms with Gasteiger partial charge in [-0.05, 0) is 24.2 Å². The van der Waals surface area contributed by atoms with Gasteiger partial charge in [0.25, 0.3) is 0 Å². The summed E-state index contributed by atoms with van der Waals surface area (Å²) in [4.78, 5) is 18.8. The molecule has 1 saturated heterocycles. The Kier molecular flexibility index (Phi) is 3.47. The molecule has 1 aliphatic carbocycles. The number of aromatic nitrogens is 2. The van der Waals surface area contributed by atoms with Gasteiger partial charge < -0.3 is 4.90 Å². The van der Waals surface area contributed by atoms with Crippen molar-refractivity contribution in [2.75, 3.05) is 18.4 Å². The van der Waals surface area contributed by atoms with Gasteiger partial charge in [0.2, 0.25) is 5.13 Å². The Balaban J connectivity index is 1.64. The van der Waals surface area contributed by atoms with E-state index in [1.54, 1.807) is 0 Å². The van der Waals surface area contributed by atoms with E-state index in [4.69, 9.17) is 0 Å². The molecule has 2 fully saturated rings. The number of likely N-dealkylation sites (tertiary alicyclic amines) is 1. The van der Waals surface area contributed by atoms with E-state index in [9.17, 15) is 4.79 Å². The molecule has 2 heterocycles. The van der Waals surface area contributed by atoms with Crippen molar-refractivity contribution in [3.63, 3.8) is 0 Å². The van der Waals surface area contributed by atoms with Crippen LogP contribution in [0.2, 0.25) is 0 Å². The maximum atomic E-state index is 12.4. The first-order valence-electron chi connectivity index (χ1n) is 7.68. The zero-order valence-electron chi connectivity index (χ0n) is 13.3. The Morgan fingerprint density at radius 2 is 2.24 bits per heavy atom. The lowest BCUT2D eigenvalue weighted by atomic mass is 9.83. The maximum absolute atomic E-state index is 12.4. The van der Waals surface area contributed by atoms with Crippen LogP contribution in [-0.2, 0) is 5.41 Å². The Labute approximate surface area is 130 Å². The zero-order valence-corrected chi connectivity index (χ0v) is 14.1. The van der Waals surface area contributed by atoms with Crippen LogP contribution in [0.5, 0.6) is 0 Å². The van der Waals surface area contributed by atoms with Crippen LogP contribution in [0.1, 0.15) is 52.8 Å². The van der Waals surface area contributed by atoms with E-state index in [1.165, 1.54) is 30.8 Å². The Hall–Kier alpha value is -1.17. The van der Waals surface area contributed by atoms with Crippen LogP contribution in [0.25, 0.3) is 0 Å². The topological polar surface area (TPSA) is 58.1 Å². The van der Waals surface area contributed by atoms with Crippen molar-refractivity contribution in [1.29, 1.82) is 0 Å². The Morgan fingerprint density at radius 1 is 1.48 bits per heavy atom. The monoisotopic (exact) mass is 308 g/mol. The summed E-state index contributed by atoms with van der Waals surface area (Å²) in [5.41, 5.74) is 0.243. The maximum Gasteiger partial charge on any atom is 0.323 e. The van der Waals surface area contributed by atoms with Crippen molar-refractivity contribution in [3.8, 4) is 0 Å². The van der Waals surface area contributed by atoms with E-state index < -0.39 is 0 Å². The number of amides is 2. The molecule has 2 aliphatic rings. The molecule has 0 bridgehead atoms. The largest absolute Gasteiger partial charge is 0.324 e. The van der Waals surface area contributed by atoms with E-state index in [-0.39, 0.29) is 11.4 Å². The van der Waals surface area contributed by atoms with Crippen molar-refractivity contribution in [2.24, 2.45) is 11.3 Å². The van der Waals surface area contributed by atoms with Crippen LogP contribution < -0.4 is 5.32 Å². The third-order valence-corrected chi connectivity index (χ3v) is 5.51. The van der Waals surface area contributed by atoms with Crippen molar-refractivity contribution < 1.29 is 4.79 Å². The van der Waals surface area contributed by atoms with Gasteiger partial charge in [-0.15, -0.1) is 0 Å². The molecule has 21 heavy (non-hydrogen) atoms. The fourth-order valence-electron chi connectivity index (χ4n) is 3.50. The minimum absolute atomic E-state index is 0.0257. The zero-order chi connectivity index (χ0) is 15.3. The molecule has 0 aromatic carbocycles. The molecule has 2 amide bonds. The highest BCUT2D eigenvalue weighted by Gasteiger charge is 2.47. The molecular weight excluding hydrogens is 284 g/mol. The first-order chi connectivity index (χ1) is 9.78. The summed E-state index contributed by atoms with van der Waals surface area (Å²) < 4.78 is 4.34. The predicted octanol–water partition coefficient (Wildman–Crippen LogP) is 3.49. The fraction of sp³-hybridized carbons (Fsp3) is 0.800. The predicted molar refractivity (Wildman–Crippen MR) is 84.6 cm³/mol. The fourth-order valence-corrected chi connectivity index (χ4v) is 4.24. The average Bonchev–Trinajstić information content (AvgIpc) is 3.00. The van der Waals surface area contributed by atoms with Crippen molar-refractivity contribution >= 4 is 22.7 Å². The van der Waals surface area contributed by atoms with Gasteiger partial charge in [-0.2, -0.15) is 4.37 Å². The second-order valence-electron chi connectivity index (χ2n) is 7.73. The molecule has 3 rings (SSSR count). The summed E-state index contributed by atoms with van der Waals surface area (Å²) in [6.07, 6.45) is 3.81. The number of rotatable bonds is 1. The number of nitrogens with one attached hydrogen (secondary N) is 1. The minimum atomic E-state index is -0.0857. The van der Waals surface area contributed by atoms with Gasteiger partial charge in [-0.3, -0.25) is 5.32 Å². The van der Waals surface area contributed by atoms with Crippen LogP contribution in [-0.4, -0.2) is 33.4 Å². The highest BCUT2D eigenvalue weighted by molar-refractivity contribution is 7.09. The summed E-state index contributed by atoms with van der Waals surface area (Å²) in [5, 5.41) is 3.52. The second kappa shape index (κ2) is 4.93. The van der Waals surface area contributed by atoms with Gasteiger partial charge in [0.15, 0.2) is 0 Å². The van der Waals surface area contributed by atoms with E-state index in [0.29, 0.717) is 16.5 Å². The average molecular weight is 308 g/mol. The van der Waals surface area contributed by atoms with Crippen molar-refractivity contribution in [1.82, 2.24) is 14.3 Å². The summed E-state index contributed by atoms with van der Waals surface area (Å²) in [7, 11) is 0. The molecule has 1 N–H and O–H groups in total. The second-order valence-corrected chi connectivity index (χ2v) is 8.48. The number of urea groups is 1. The highest BCUT2D eigenvalue weighted by atomic mass is 32.1. The molecule has 1 saturated carbocycles. The van der Waals surface area contributed by atoms with Gasteiger partial charge in [0.1, 0.15) is 5.82 Å². The van der Waals surface area contributed by atoms with E-state index in [2.05, 4.69) is 42.4 Å². The first kappa shape index (κ1) is 14.8. The first-order valence-corrected chi connectivity index (χ1v) is 8.45. The van der Waals surface area contributed by atoms with Gasteiger partial charge >= 0.3 is 6.03 Å². The molecule has 2 unspecified atom stereocenters. The number of nitrogens with zero attached hydrogens (tertiary/aromatic N) is 3. The molecule has 5 nitrogen and oxygen atoms in total. The van der Waals surface area contributed by atoms with E-state index in [1.807, 2.05) is 4.90 Å². The Bertz CT molecular complexity index is 550. The van der Waals surface area contributed by atoms with Crippen molar-refractivity contribution in [2.45, 2.75) is 52.4 Å². The molecule has 1 aromatic rings. The lowest BCUT2D eigenvalue weighted by Crippen LogP contribution is -2.34. The van der Waals surface area contributed by atoms with Gasteiger partial charge in [0.05, 0.1) is 0 Å². The van der Waals surface area contributed by atoms with Crippen LogP contribution in [0.15, 0.2) is 0 Å². The number of fused-ring (bicyclic) bond motifs is 1. The standard InChI is InChI=1S/C15H24N4OS/c1-14(2,3)11-16-12(21-18-11)17-13(20)19-8-10-6-5-7-15(10,4)9-19/h10H,5-9H2,1-4H3,(H,16,17,18,20). The summed E-state index contributed by atoms with van der Waals surface area (Å²) in [5.74, 6) is 1.45. The van der Waals surface area contributed by atoms with Gasteiger partial charge in [-0.25, -0.2) is 9.78 Å². The molecular formula is C15H24N4OS. The smallest absolute Gasteiger partial charge is 0.323 e. The van der Waals surface area contributed by atoms with Crippen LogP contribution in [0.3, 0.4) is 0 Å². The molecule has 0 spiro atoms. The normalized spacial score (nSPS) is 28.8. The number of carbonyl (C=O) groups is 1. The third-order valence-electron chi connectivity index (χ3n) is 4.88. The molecule has 0 radical (unpaired) electrons. The molecule has 1 aromatic heterocycles. The van der Waals surface area contributed by atoms with Crippen LogP contribution in [0, 0.1) is 11.3 Å². The highest BCUT2D eigenvalue weighted by Crippen LogP contribution is 2.48. The SMILES string of the molecule is CC(C)(C)c1nsc(NC(=O)N2CC3CCCC3(C)C2)n1. The number of hydrogen-bond acceptors (Lipinski definition) is 4.